The molecule has 1 aliphatic heterocycles. The summed E-state index contributed by atoms with van der Waals surface area (Å²) >= 11 is 5.92. The molecule has 1 fully saturated rings. The fourth-order valence-electron chi connectivity index (χ4n) is 4.11. The zero-order chi connectivity index (χ0) is 26.5. The maximum atomic E-state index is 13.1. The largest absolute Gasteiger partial charge is 0.416 e. The number of amides is 3. The van der Waals surface area contributed by atoms with Gasteiger partial charge in [-0.3, -0.25) is 14.5 Å². The highest BCUT2D eigenvalue weighted by Crippen LogP contribution is 2.32. The number of urea groups is 1. The molecule has 1 heterocycles. The molecule has 36 heavy (non-hydrogen) atoms. The monoisotopic (exact) mass is 525 g/mol. The van der Waals surface area contributed by atoms with Gasteiger partial charge in [-0.2, -0.15) is 13.2 Å². The van der Waals surface area contributed by atoms with Crippen molar-refractivity contribution < 1.29 is 27.6 Å². The normalized spacial score (nSPS) is 15.8. The van der Waals surface area contributed by atoms with Crippen LogP contribution in [-0.4, -0.2) is 48.3 Å². The second-order valence-corrected chi connectivity index (χ2v) is 9.10. The molecule has 1 aliphatic rings. The smallest absolute Gasteiger partial charge is 0.351 e. The zero-order valence-electron chi connectivity index (χ0n) is 19.3. The van der Waals surface area contributed by atoms with Gasteiger partial charge in [0.25, 0.3) is 5.91 Å². The van der Waals surface area contributed by atoms with Crippen LogP contribution in [0.15, 0.2) is 42.5 Å². The zero-order valence-corrected chi connectivity index (χ0v) is 20.0. The average Bonchev–Trinajstić information content (AvgIpc) is 2.83. The third-order valence-electron chi connectivity index (χ3n) is 6.10. The number of ketones is 1. The first-order valence-electron chi connectivity index (χ1n) is 11.2. The second-order valence-electron chi connectivity index (χ2n) is 8.66. The van der Waals surface area contributed by atoms with Gasteiger partial charge in [-0.05, 0) is 67.7 Å². The van der Waals surface area contributed by atoms with Crippen LogP contribution >= 0.6 is 11.6 Å². The molecule has 194 valence electrons. The molecule has 2 aromatic rings. The van der Waals surface area contributed by atoms with E-state index in [4.69, 9.17) is 23.1 Å². The Hall–Kier alpha value is -3.15. The quantitative estimate of drug-likeness (QED) is 0.419. The molecule has 0 aromatic heterocycles. The lowest BCUT2D eigenvalue weighted by Crippen LogP contribution is -2.47. The fraction of sp³-hybridized carbons (Fsp3) is 0.375. The van der Waals surface area contributed by atoms with Crippen molar-refractivity contribution in [3.63, 3.8) is 0 Å². The van der Waals surface area contributed by atoms with E-state index in [1.807, 2.05) is 24.3 Å². The van der Waals surface area contributed by atoms with Crippen molar-refractivity contribution in [1.29, 1.82) is 0 Å². The van der Waals surface area contributed by atoms with Crippen LogP contribution < -0.4 is 22.1 Å². The Morgan fingerprint density at radius 2 is 1.72 bits per heavy atom. The molecular weight excluding hydrogens is 499 g/mol. The third-order valence-corrected chi connectivity index (χ3v) is 6.36. The van der Waals surface area contributed by atoms with Crippen molar-refractivity contribution in [2.75, 3.05) is 25.0 Å². The molecule has 0 bridgehead atoms. The topological polar surface area (TPSA) is 131 Å². The number of primary amides is 1. The van der Waals surface area contributed by atoms with Gasteiger partial charge < -0.3 is 22.1 Å². The van der Waals surface area contributed by atoms with Gasteiger partial charge in [0, 0.05) is 11.6 Å². The van der Waals surface area contributed by atoms with Crippen LogP contribution in [0.2, 0.25) is 5.02 Å². The maximum Gasteiger partial charge on any atom is 0.416 e. The number of halogens is 4. The summed E-state index contributed by atoms with van der Waals surface area (Å²) in [7, 11) is 0. The molecule has 8 nitrogen and oxygen atoms in total. The summed E-state index contributed by atoms with van der Waals surface area (Å²) in [5.74, 6) is -1.49. The van der Waals surface area contributed by atoms with Crippen molar-refractivity contribution in [1.82, 2.24) is 10.2 Å². The summed E-state index contributed by atoms with van der Waals surface area (Å²) in [6.45, 7) is 1.78. The Balaban J connectivity index is 1.55. The number of likely N-dealkylation sites (tertiary alicyclic amines) is 1. The predicted molar refractivity (Wildman–Crippen MR) is 129 cm³/mol. The lowest BCUT2D eigenvalue weighted by Gasteiger charge is -2.34. The van der Waals surface area contributed by atoms with E-state index in [0.29, 0.717) is 30.0 Å². The number of piperidine rings is 1. The molecule has 0 radical (unpaired) electrons. The Morgan fingerprint density at radius 3 is 2.31 bits per heavy atom. The molecule has 0 aliphatic carbocycles. The van der Waals surface area contributed by atoms with E-state index in [-0.39, 0.29) is 11.6 Å². The second kappa shape index (κ2) is 11.7. The van der Waals surface area contributed by atoms with Gasteiger partial charge in [-0.1, -0.05) is 23.7 Å². The first kappa shape index (κ1) is 27.4. The minimum Gasteiger partial charge on any atom is -0.351 e. The minimum absolute atomic E-state index is 0.0866. The van der Waals surface area contributed by atoms with Gasteiger partial charge in [-0.25, -0.2) is 4.79 Å². The molecule has 0 spiro atoms. The van der Waals surface area contributed by atoms with E-state index in [1.54, 1.807) is 0 Å². The molecule has 1 atom stereocenters. The molecule has 2 aromatic carbocycles. The third kappa shape index (κ3) is 7.42. The summed E-state index contributed by atoms with van der Waals surface area (Å²) in [5, 5.41) is 5.09. The van der Waals surface area contributed by atoms with E-state index in [1.165, 1.54) is 0 Å². The van der Waals surface area contributed by atoms with Crippen LogP contribution in [0.1, 0.15) is 34.3 Å². The van der Waals surface area contributed by atoms with Crippen molar-refractivity contribution in [2.24, 2.45) is 17.4 Å². The van der Waals surface area contributed by atoms with Crippen molar-refractivity contribution in [3.05, 3.63) is 64.2 Å². The number of nitrogens with one attached hydrogen (secondary N) is 2. The first-order chi connectivity index (χ1) is 16.9. The summed E-state index contributed by atoms with van der Waals surface area (Å²) in [4.78, 5) is 38.6. The van der Waals surface area contributed by atoms with Crippen LogP contribution in [0.5, 0.6) is 0 Å². The fourth-order valence-corrected chi connectivity index (χ4v) is 4.24. The summed E-state index contributed by atoms with van der Waals surface area (Å²) < 4.78 is 39.3. The number of carbonyl (C=O) groups excluding carboxylic acids is 3. The van der Waals surface area contributed by atoms with Gasteiger partial charge in [-0.15, -0.1) is 0 Å². The number of hydrogen-bond donors (Lipinski definition) is 4. The van der Waals surface area contributed by atoms with Crippen molar-refractivity contribution >= 4 is 35.0 Å². The Morgan fingerprint density at radius 1 is 1.08 bits per heavy atom. The van der Waals surface area contributed by atoms with E-state index in [9.17, 15) is 27.6 Å². The lowest BCUT2D eigenvalue weighted by molar-refractivity contribution is -0.137. The van der Waals surface area contributed by atoms with Gasteiger partial charge in [0.2, 0.25) is 0 Å². The number of alkyl halides is 3. The molecule has 12 heteroatoms. The number of nitrogens with zero attached hydrogens (tertiary/aromatic N) is 1. The number of anilines is 1. The SMILES string of the molecule is NC(=O)Nc1ccc(C(F)(F)F)cc1C(=O)NCC(=O)C(N)C1CCN(Cc2ccc(Cl)cc2)CC1. The van der Waals surface area contributed by atoms with Crippen molar-refractivity contribution in [2.45, 2.75) is 31.6 Å². The molecular formula is C24H27ClF3N5O3. The highest BCUT2D eigenvalue weighted by molar-refractivity contribution is 6.30. The number of rotatable bonds is 8. The molecule has 0 saturated carbocycles. The van der Waals surface area contributed by atoms with E-state index < -0.39 is 47.6 Å². The minimum atomic E-state index is -4.71. The molecule has 3 rings (SSSR count). The molecule has 1 unspecified atom stereocenters. The Kier molecular flexibility index (Phi) is 8.93. The van der Waals surface area contributed by atoms with Crippen LogP contribution in [-0.2, 0) is 17.5 Å². The first-order valence-corrected chi connectivity index (χ1v) is 11.6. The number of carbonyl (C=O) groups is 3. The number of nitrogens with two attached hydrogens (primary N) is 2. The maximum absolute atomic E-state index is 13.1. The van der Waals surface area contributed by atoms with Gasteiger partial charge in [0.1, 0.15) is 0 Å². The Labute approximate surface area is 211 Å². The molecule has 3 amide bonds. The van der Waals surface area contributed by atoms with Gasteiger partial charge in [0.05, 0.1) is 29.4 Å². The highest BCUT2D eigenvalue weighted by atomic mass is 35.5. The number of Topliss-reactive ketones (excluding diaryl/α,β-unsaturated/α-hetero) is 1. The lowest BCUT2D eigenvalue weighted by atomic mass is 9.87. The van der Waals surface area contributed by atoms with Crippen LogP contribution in [0, 0.1) is 5.92 Å². The van der Waals surface area contributed by atoms with Gasteiger partial charge >= 0.3 is 12.2 Å². The summed E-state index contributed by atoms with van der Waals surface area (Å²) in [6.07, 6.45) is -3.33. The average molecular weight is 526 g/mol. The van der Waals surface area contributed by atoms with Gasteiger partial charge in [0.15, 0.2) is 5.78 Å². The summed E-state index contributed by atoms with van der Waals surface area (Å²) in [5.41, 5.74) is 10.5. The summed E-state index contributed by atoms with van der Waals surface area (Å²) in [6, 6.07) is 7.93. The Bertz CT molecular complexity index is 1100. The van der Waals surface area contributed by atoms with Crippen LogP contribution in [0.25, 0.3) is 0 Å². The predicted octanol–water partition coefficient (Wildman–Crippen LogP) is 3.39. The van der Waals surface area contributed by atoms with Crippen LogP contribution in [0.4, 0.5) is 23.7 Å². The van der Waals surface area contributed by atoms with Crippen LogP contribution in [0.3, 0.4) is 0 Å². The van der Waals surface area contributed by atoms with E-state index >= 15 is 0 Å². The standard InChI is InChI=1S/C24H27ClF3N5O3/c25-17-4-1-14(2-5-17)13-33-9-7-15(8-10-33)21(29)20(34)12-31-22(35)18-11-16(24(26,27)28)3-6-19(18)32-23(30)36/h1-6,11,15,21H,7-10,12-13,29H2,(H,31,35)(H3,30,32,36). The van der Waals surface area contributed by atoms with Crippen molar-refractivity contribution in [3.8, 4) is 0 Å². The molecule has 1 saturated heterocycles. The number of benzene rings is 2. The number of hydrogen-bond acceptors (Lipinski definition) is 5. The highest BCUT2D eigenvalue weighted by Gasteiger charge is 2.32. The van der Waals surface area contributed by atoms with E-state index in [2.05, 4.69) is 15.5 Å². The van der Waals surface area contributed by atoms with E-state index in [0.717, 1.165) is 31.3 Å². The molecule has 6 N–H and O–H groups in total.